The zero-order chi connectivity index (χ0) is 49.8. The molecule has 10 heteroatoms. The molecule has 0 saturated heterocycles. The molecule has 76 heavy (non-hydrogen) atoms. The second kappa shape index (κ2) is 16.9. The summed E-state index contributed by atoms with van der Waals surface area (Å²) in [5.41, 5.74) is 9.76. The average molecular weight is 1010 g/mol. The number of benzene rings is 10. The predicted molar refractivity (Wildman–Crippen MR) is 315 cm³/mol. The van der Waals surface area contributed by atoms with Crippen LogP contribution in [0.5, 0.6) is 0 Å². The average Bonchev–Trinajstić information content (AvgIpc) is 4.25. The lowest BCUT2D eigenvalue weighted by atomic mass is 10.1. The zero-order valence-electron chi connectivity index (χ0n) is 40.3. The smallest absolute Gasteiger partial charge is 0.238 e. The molecular formula is C66H38N8S2. The molecule has 0 radical (unpaired) electrons. The van der Waals surface area contributed by atoms with Crippen LogP contribution >= 0.6 is 22.7 Å². The first kappa shape index (κ1) is 42.7. The molecular weight excluding hydrogens is 969 g/mol. The number of para-hydroxylation sites is 2. The van der Waals surface area contributed by atoms with E-state index in [1.165, 1.54) is 40.3 Å². The van der Waals surface area contributed by atoms with Gasteiger partial charge in [0.05, 0.1) is 22.1 Å². The van der Waals surface area contributed by atoms with Crippen molar-refractivity contribution < 1.29 is 0 Å². The summed E-state index contributed by atoms with van der Waals surface area (Å²) in [7, 11) is 0. The monoisotopic (exact) mass is 1010 g/mol. The van der Waals surface area contributed by atoms with Crippen LogP contribution in [0.3, 0.4) is 0 Å². The van der Waals surface area contributed by atoms with E-state index in [0.29, 0.717) is 35.1 Å². The van der Waals surface area contributed by atoms with Crippen LogP contribution < -0.4 is 0 Å². The summed E-state index contributed by atoms with van der Waals surface area (Å²) in [6.07, 6.45) is 0. The molecule has 0 saturated carbocycles. The van der Waals surface area contributed by atoms with E-state index in [1.54, 1.807) is 0 Å². The van der Waals surface area contributed by atoms with Crippen molar-refractivity contribution in [1.29, 1.82) is 0 Å². The summed E-state index contributed by atoms with van der Waals surface area (Å²) in [5, 5.41) is 9.35. The standard InChI is InChI=1S/C66H38N8S2/c1-3-16-39(17-4-1)61-67-62(40-18-5-2-6-19-40)69-63(68-61)41-20-15-21-44(36-41)73-51-26-11-7-24-47(51)59-53(73)32-33-54-60(59)48-25-8-12-27-52(48)74(54)66-71-64(42-30-34-57-49(37-42)45-22-9-13-28-55(45)75-57)70-65(72-66)43-31-35-58-50(38-43)46-23-10-14-29-56(46)76-58/h1-38H. The molecule has 0 aliphatic carbocycles. The van der Waals surface area contributed by atoms with E-state index in [-0.39, 0.29) is 0 Å². The fraction of sp³-hybridized carbons (Fsp3) is 0. The highest BCUT2D eigenvalue weighted by molar-refractivity contribution is 7.26. The van der Waals surface area contributed by atoms with Crippen LogP contribution in [-0.2, 0) is 0 Å². The van der Waals surface area contributed by atoms with Crippen LogP contribution in [0.1, 0.15) is 0 Å². The van der Waals surface area contributed by atoms with Gasteiger partial charge in [-0.15, -0.1) is 22.7 Å². The van der Waals surface area contributed by atoms with Crippen molar-refractivity contribution in [3.05, 3.63) is 231 Å². The van der Waals surface area contributed by atoms with Crippen LogP contribution in [0.4, 0.5) is 0 Å². The zero-order valence-corrected chi connectivity index (χ0v) is 42.0. The maximum absolute atomic E-state index is 5.45. The Morgan fingerprint density at radius 3 is 1.18 bits per heavy atom. The maximum Gasteiger partial charge on any atom is 0.238 e. The molecule has 16 rings (SSSR count). The van der Waals surface area contributed by atoms with Gasteiger partial charge in [-0.25, -0.2) is 19.9 Å². The van der Waals surface area contributed by atoms with E-state index in [4.69, 9.17) is 29.9 Å². The van der Waals surface area contributed by atoms with Crippen molar-refractivity contribution in [2.24, 2.45) is 0 Å². The number of thiophene rings is 2. The third kappa shape index (κ3) is 6.74. The van der Waals surface area contributed by atoms with Gasteiger partial charge in [-0.1, -0.05) is 146 Å². The van der Waals surface area contributed by atoms with Gasteiger partial charge in [0, 0.05) is 95.4 Å². The molecule has 0 amide bonds. The van der Waals surface area contributed by atoms with Crippen LogP contribution in [0.25, 0.3) is 153 Å². The molecule has 0 aliphatic rings. The van der Waals surface area contributed by atoms with Crippen LogP contribution in [0.2, 0.25) is 0 Å². The molecule has 8 nitrogen and oxygen atoms in total. The summed E-state index contributed by atoms with van der Waals surface area (Å²) in [6, 6.07) is 81.0. The third-order valence-corrected chi connectivity index (χ3v) is 16.9. The van der Waals surface area contributed by atoms with Gasteiger partial charge in [0.2, 0.25) is 5.95 Å². The normalized spacial score (nSPS) is 11.9. The van der Waals surface area contributed by atoms with Gasteiger partial charge in [0.1, 0.15) is 0 Å². The van der Waals surface area contributed by atoms with E-state index in [1.807, 2.05) is 83.3 Å². The van der Waals surface area contributed by atoms with Crippen LogP contribution in [-0.4, -0.2) is 39.0 Å². The van der Waals surface area contributed by atoms with Crippen molar-refractivity contribution in [3.8, 4) is 68.6 Å². The second-order valence-corrected chi connectivity index (χ2v) is 21.2. The minimum atomic E-state index is 0.551. The van der Waals surface area contributed by atoms with Crippen molar-refractivity contribution in [3.63, 3.8) is 0 Å². The van der Waals surface area contributed by atoms with Gasteiger partial charge in [0.25, 0.3) is 0 Å². The Kier molecular flexibility index (Phi) is 9.51. The van der Waals surface area contributed by atoms with Crippen molar-refractivity contribution in [1.82, 2.24) is 39.0 Å². The van der Waals surface area contributed by atoms with Gasteiger partial charge >= 0.3 is 0 Å². The second-order valence-electron chi connectivity index (χ2n) is 19.0. The maximum atomic E-state index is 5.45. The van der Waals surface area contributed by atoms with Gasteiger partial charge in [-0.2, -0.15) is 9.97 Å². The van der Waals surface area contributed by atoms with Crippen LogP contribution in [0.15, 0.2) is 231 Å². The largest absolute Gasteiger partial charge is 0.309 e. The van der Waals surface area contributed by atoms with Gasteiger partial charge in [0.15, 0.2) is 29.1 Å². The number of rotatable bonds is 7. The number of nitrogens with zero attached hydrogens (tertiary/aromatic N) is 8. The molecule has 16 aromatic rings. The van der Waals surface area contributed by atoms with E-state index in [9.17, 15) is 0 Å². The van der Waals surface area contributed by atoms with Gasteiger partial charge in [-0.05, 0) is 84.9 Å². The molecule has 6 aromatic heterocycles. The topological polar surface area (TPSA) is 87.2 Å². The Morgan fingerprint density at radius 1 is 0.250 bits per heavy atom. The highest BCUT2D eigenvalue weighted by atomic mass is 32.1. The molecule has 0 bridgehead atoms. The SMILES string of the molecule is c1ccc(-c2nc(-c3ccccc3)nc(-c3cccc(-n4c5ccccc5c5c6c7ccccc7n(-c7nc(-c8ccc9sc%10ccccc%10c9c8)nc(-c8ccc9sc%10ccccc%10c9c8)n7)c6ccc54)c3)n2)cc1. The predicted octanol–water partition coefficient (Wildman–Crippen LogP) is 17.3. The number of hydrogen-bond donors (Lipinski definition) is 0. The van der Waals surface area contributed by atoms with Crippen molar-refractivity contribution in [2.45, 2.75) is 0 Å². The quantitative estimate of drug-likeness (QED) is 0.158. The number of hydrogen-bond acceptors (Lipinski definition) is 8. The Morgan fingerprint density at radius 2 is 0.645 bits per heavy atom. The lowest BCUT2D eigenvalue weighted by Gasteiger charge is -2.12. The van der Waals surface area contributed by atoms with E-state index in [0.717, 1.165) is 77.1 Å². The first-order chi connectivity index (χ1) is 37.6. The third-order valence-electron chi connectivity index (χ3n) is 14.6. The fourth-order valence-corrected chi connectivity index (χ4v) is 13.4. The van der Waals surface area contributed by atoms with Gasteiger partial charge in [-0.3, -0.25) is 4.57 Å². The van der Waals surface area contributed by atoms with E-state index >= 15 is 0 Å². The van der Waals surface area contributed by atoms with Crippen LogP contribution in [0, 0.1) is 0 Å². The molecule has 0 aliphatic heterocycles. The molecule has 0 spiro atoms. The summed E-state index contributed by atoms with van der Waals surface area (Å²) in [6.45, 7) is 0. The highest BCUT2D eigenvalue weighted by Gasteiger charge is 2.24. The lowest BCUT2D eigenvalue weighted by Crippen LogP contribution is -2.06. The molecule has 0 unspecified atom stereocenters. The minimum absolute atomic E-state index is 0.551. The molecule has 0 atom stereocenters. The summed E-state index contributed by atoms with van der Waals surface area (Å²) < 4.78 is 9.57. The summed E-state index contributed by atoms with van der Waals surface area (Å²) >= 11 is 3.61. The lowest BCUT2D eigenvalue weighted by molar-refractivity contribution is 0.954. The van der Waals surface area contributed by atoms with E-state index < -0.39 is 0 Å². The Balaban J connectivity index is 0.912. The molecule has 6 heterocycles. The molecule has 0 fully saturated rings. The summed E-state index contributed by atoms with van der Waals surface area (Å²) in [4.78, 5) is 31.4. The Hall–Kier alpha value is -9.74. The first-order valence-corrected chi connectivity index (χ1v) is 26.8. The Bertz CT molecular complexity index is 4830. The fourth-order valence-electron chi connectivity index (χ4n) is 11.2. The summed E-state index contributed by atoms with van der Waals surface area (Å²) in [5.74, 6) is 3.62. The number of fused-ring (bicyclic) bond motifs is 13. The molecule has 0 N–H and O–H groups in total. The van der Waals surface area contributed by atoms with E-state index in [2.05, 4.69) is 179 Å². The molecule has 354 valence electrons. The van der Waals surface area contributed by atoms with Crippen molar-refractivity contribution in [2.75, 3.05) is 0 Å². The van der Waals surface area contributed by atoms with Crippen molar-refractivity contribution >= 4 is 107 Å². The highest BCUT2D eigenvalue weighted by Crippen LogP contribution is 2.44. The first-order valence-electron chi connectivity index (χ1n) is 25.2. The Labute approximate surface area is 442 Å². The van der Waals surface area contributed by atoms with Gasteiger partial charge < -0.3 is 4.57 Å². The minimum Gasteiger partial charge on any atom is -0.309 e. The number of aromatic nitrogens is 8. The molecule has 10 aromatic carbocycles.